The fraction of sp³-hybridized carbons (Fsp3) is 0.200. The van der Waals surface area contributed by atoms with Gasteiger partial charge in [-0.1, -0.05) is 0 Å². The average molecular weight is 414 g/mol. The summed E-state index contributed by atoms with van der Waals surface area (Å²) in [4.78, 5) is 8.87. The van der Waals surface area contributed by atoms with E-state index in [4.69, 9.17) is 4.74 Å². The SMILES string of the molecule is CCNc1nc(C)cc(Nc2ccc(NS(=O)(=O)c3ccc(OC)cc3)cc2)n1. The molecule has 1 heterocycles. The molecule has 8 nitrogen and oxygen atoms in total. The molecule has 0 radical (unpaired) electrons. The van der Waals surface area contributed by atoms with Crippen LogP contribution in [0.2, 0.25) is 0 Å². The molecular formula is C20H23N5O3S. The van der Waals surface area contributed by atoms with Gasteiger partial charge in [-0.25, -0.2) is 13.4 Å². The summed E-state index contributed by atoms with van der Waals surface area (Å²) in [5.41, 5.74) is 2.07. The zero-order valence-electron chi connectivity index (χ0n) is 16.4. The van der Waals surface area contributed by atoms with E-state index < -0.39 is 10.0 Å². The predicted octanol–water partition coefficient (Wildman–Crippen LogP) is 3.77. The van der Waals surface area contributed by atoms with Crippen LogP contribution in [-0.4, -0.2) is 32.0 Å². The highest BCUT2D eigenvalue weighted by atomic mass is 32.2. The molecule has 0 fully saturated rings. The van der Waals surface area contributed by atoms with Gasteiger partial charge in [0.05, 0.1) is 12.0 Å². The van der Waals surface area contributed by atoms with Crippen LogP contribution in [-0.2, 0) is 10.0 Å². The zero-order chi connectivity index (χ0) is 20.9. The molecule has 9 heteroatoms. The van der Waals surface area contributed by atoms with E-state index in [-0.39, 0.29) is 4.90 Å². The molecule has 3 N–H and O–H groups in total. The monoisotopic (exact) mass is 413 g/mol. The van der Waals surface area contributed by atoms with Crippen LogP contribution in [0, 0.1) is 6.92 Å². The quantitative estimate of drug-likeness (QED) is 0.516. The molecule has 0 unspecified atom stereocenters. The Kier molecular flexibility index (Phi) is 6.18. The van der Waals surface area contributed by atoms with Gasteiger partial charge in [-0.2, -0.15) is 4.98 Å². The van der Waals surface area contributed by atoms with Crippen LogP contribution in [0.25, 0.3) is 0 Å². The van der Waals surface area contributed by atoms with Crippen molar-refractivity contribution in [3.8, 4) is 5.75 Å². The van der Waals surface area contributed by atoms with Gasteiger partial charge >= 0.3 is 0 Å². The molecule has 0 spiro atoms. The molecule has 0 bridgehead atoms. The predicted molar refractivity (Wildman–Crippen MR) is 114 cm³/mol. The molecule has 0 saturated carbocycles. The number of nitrogens with zero attached hydrogens (tertiary/aromatic N) is 2. The van der Waals surface area contributed by atoms with Crippen molar-refractivity contribution in [2.75, 3.05) is 29.0 Å². The van der Waals surface area contributed by atoms with E-state index in [9.17, 15) is 8.42 Å². The molecule has 3 aromatic rings. The number of benzene rings is 2. The summed E-state index contributed by atoms with van der Waals surface area (Å²) < 4.78 is 32.7. The second-order valence-corrected chi connectivity index (χ2v) is 7.91. The van der Waals surface area contributed by atoms with E-state index in [1.54, 1.807) is 36.4 Å². The van der Waals surface area contributed by atoms with Crippen molar-refractivity contribution in [1.29, 1.82) is 0 Å². The molecule has 0 atom stereocenters. The Labute approximate surface area is 170 Å². The fourth-order valence-corrected chi connectivity index (χ4v) is 3.67. The first-order chi connectivity index (χ1) is 13.9. The summed E-state index contributed by atoms with van der Waals surface area (Å²) in [5, 5.41) is 6.28. The highest BCUT2D eigenvalue weighted by Crippen LogP contribution is 2.22. The number of hydrogen-bond acceptors (Lipinski definition) is 7. The van der Waals surface area contributed by atoms with Gasteiger partial charge in [0, 0.05) is 29.7 Å². The summed E-state index contributed by atoms with van der Waals surface area (Å²) in [7, 11) is -2.15. The van der Waals surface area contributed by atoms with Crippen LogP contribution in [0.3, 0.4) is 0 Å². The maximum absolute atomic E-state index is 12.5. The van der Waals surface area contributed by atoms with Crippen molar-refractivity contribution in [2.24, 2.45) is 0 Å². The molecule has 0 aliphatic carbocycles. The number of anilines is 4. The van der Waals surface area contributed by atoms with Gasteiger partial charge in [0.1, 0.15) is 11.6 Å². The number of rotatable bonds is 8. The lowest BCUT2D eigenvalue weighted by molar-refractivity contribution is 0.414. The first-order valence-electron chi connectivity index (χ1n) is 9.03. The number of sulfonamides is 1. The second kappa shape index (κ2) is 8.78. The molecular weight excluding hydrogens is 390 g/mol. The van der Waals surface area contributed by atoms with Gasteiger partial charge < -0.3 is 15.4 Å². The number of hydrogen-bond donors (Lipinski definition) is 3. The molecule has 29 heavy (non-hydrogen) atoms. The summed E-state index contributed by atoms with van der Waals surface area (Å²) in [6.07, 6.45) is 0. The van der Waals surface area contributed by atoms with Crippen molar-refractivity contribution >= 4 is 33.2 Å². The lowest BCUT2D eigenvalue weighted by Gasteiger charge is -2.11. The minimum absolute atomic E-state index is 0.160. The lowest BCUT2D eigenvalue weighted by Crippen LogP contribution is -2.12. The molecule has 2 aromatic carbocycles. The average Bonchev–Trinajstić information content (AvgIpc) is 2.69. The lowest BCUT2D eigenvalue weighted by atomic mass is 10.3. The Balaban J connectivity index is 1.71. The van der Waals surface area contributed by atoms with Crippen LogP contribution >= 0.6 is 0 Å². The van der Waals surface area contributed by atoms with Gasteiger partial charge in [0.2, 0.25) is 5.95 Å². The van der Waals surface area contributed by atoms with Gasteiger partial charge in [-0.05, 0) is 62.4 Å². The highest BCUT2D eigenvalue weighted by Gasteiger charge is 2.14. The van der Waals surface area contributed by atoms with E-state index in [1.165, 1.54) is 19.2 Å². The third kappa shape index (κ3) is 5.35. The van der Waals surface area contributed by atoms with E-state index >= 15 is 0 Å². The Morgan fingerprint density at radius 3 is 2.24 bits per heavy atom. The number of aryl methyl sites for hydroxylation is 1. The minimum Gasteiger partial charge on any atom is -0.497 e. The van der Waals surface area contributed by atoms with Crippen molar-refractivity contribution < 1.29 is 13.2 Å². The van der Waals surface area contributed by atoms with E-state index in [0.29, 0.717) is 23.2 Å². The van der Waals surface area contributed by atoms with Crippen LogP contribution in [0.4, 0.5) is 23.1 Å². The largest absolute Gasteiger partial charge is 0.497 e. The second-order valence-electron chi connectivity index (χ2n) is 6.23. The standard InChI is InChI=1S/C20H23N5O3S/c1-4-21-20-22-14(2)13-19(24-20)23-15-5-7-16(8-6-15)25-29(26,27)18-11-9-17(28-3)10-12-18/h5-13,25H,4H2,1-3H3,(H2,21,22,23,24). The zero-order valence-corrected chi connectivity index (χ0v) is 17.2. The Morgan fingerprint density at radius 2 is 1.62 bits per heavy atom. The van der Waals surface area contributed by atoms with E-state index in [1.807, 2.05) is 19.9 Å². The van der Waals surface area contributed by atoms with Gasteiger partial charge in [-0.3, -0.25) is 4.72 Å². The smallest absolute Gasteiger partial charge is 0.261 e. The molecule has 0 amide bonds. The van der Waals surface area contributed by atoms with E-state index in [2.05, 4.69) is 25.3 Å². The van der Waals surface area contributed by atoms with Gasteiger partial charge in [-0.15, -0.1) is 0 Å². The van der Waals surface area contributed by atoms with Gasteiger partial charge in [0.25, 0.3) is 10.0 Å². The topological polar surface area (TPSA) is 105 Å². The number of nitrogens with one attached hydrogen (secondary N) is 3. The Morgan fingerprint density at radius 1 is 0.966 bits per heavy atom. The summed E-state index contributed by atoms with van der Waals surface area (Å²) in [5.74, 6) is 1.80. The molecule has 0 saturated heterocycles. The number of methoxy groups -OCH3 is 1. The summed E-state index contributed by atoms with van der Waals surface area (Å²) >= 11 is 0. The van der Waals surface area contributed by atoms with E-state index in [0.717, 1.165) is 17.9 Å². The summed E-state index contributed by atoms with van der Waals surface area (Å²) in [6.45, 7) is 4.60. The Hall–Kier alpha value is -3.33. The maximum atomic E-state index is 12.5. The van der Waals surface area contributed by atoms with Crippen LogP contribution < -0.4 is 20.1 Å². The molecule has 152 valence electrons. The first-order valence-corrected chi connectivity index (χ1v) is 10.5. The first kappa shape index (κ1) is 20.4. The van der Waals surface area contributed by atoms with Crippen molar-refractivity contribution in [1.82, 2.24) is 9.97 Å². The minimum atomic E-state index is -3.68. The number of ether oxygens (including phenoxy) is 1. The Bertz CT molecular complexity index is 1070. The van der Waals surface area contributed by atoms with Crippen LogP contribution in [0.1, 0.15) is 12.6 Å². The molecule has 0 aliphatic rings. The highest BCUT2D eigenvalue weighted by molar-refractivity contribution is 7.92. The third-order valence-corrected chi connectivity index (χ3v) is 5.37. The van der Waals surface area contributed by atoms with Crippen molar-refractivity contribution in [3.05, 3.63) is 60.3 Å². The fourth-order valence-electron chi connectivity index (χ4n) is 2.61. The van der Waals surface area contributed by atoms with Crippen LogP contribution in [0.15, 0.2) is 59.5 Å². The normalized spacial score (nSPS) is 11.0. The van der Waals surface area contributed by atoms with Crippen molar-refractivity contribution in [3.63, 3.8) is 0 Å². The number of aromatic nitrogens is 2. The maximum Gasteiger partial charge on any atom is 0.261 e. The molecule has 3 rings (SSSR count). The summed E-state index contributed by atoms with van der Waals surface area (Å²) in [6, 6.07) is 15.0. The van der Waals surface area contributed by atoms with Gasteiger partial charge in [0.15, 0.2) is 0 Å². The molecule has 1 aromatic heterocycles. The third-order valence-electron chi connectivity index (χ3n) is 3.97. The van der Waals surface area contributed by atoms with Crippen molar-refractivity contribution in [2.45, 2.75) is 18.7 Å². The van der Waals surface area contributed by atoms with Crippen LogP contribution in [0.5, 0.6) is 5.75 Å². The molecule has 0 aliphatic heterocycles.